The minimum absolute atomic E-state index is 0.0640. The smallest absolute Gasteiger partial charge is 0.153 e. The number of rotatable bonds is 8. The van der Waals surface area contributed by atoms with E-state index in [0.29, 0.717) is 6.04 Å². The standard InChI is InChI=1S/C15H22BrNO3S/c1-3-21(18,19)7-6-20-15-11(2)8-13(16)9-12(15)10-17-14-4-5-14/h8-9,14,17H,3-7,10H2,1-2H3. The Morgan fingerprint density at radius 2 is 2.10 bits per heavy atom. The van der Waals surface area contributed by atoms with E-state index in [1.807, 2.05) is 19.1 Å². The first-order valence-corrected chi connectivity index (χ1v) is 9.88. The van der Waals surface area contributed by atoms with Crippen molar-refractivity contribution in [3.05, 3.63) is 27.7 Å². The second kappa shape index (κ2) is 7.11. The van der Waals surface area contributed by atoms with Crippen LogP contribution in [0.5, 0.6) is 5.75 Å². The molecule has 2 rings (SSSR count). The molecule has 6 heteroatoms. The predicted octanol–water partition coefficient (Wildman–Crippen LogP) is 2.82. The fraction of sp³-hybridized carbons (Fsp3) is 0.600. The van der Waals surface area contributed by atoms with E-state index in [9.17, 15) is 8.42 Å². The van der Waals surface area contributed by atoms with Gasteiger partial charge in [-0.1, -0.05) is 22.9 Å². The number of benzene rings is 1. The first-order chi connectivity index (χ1) is 9.91. The molecule has 0 bridgehead atoms. The molecule has 0 radical (unpaired) electrons. The third-order valence-corrected chi connectivity index (χ3v) is 5.68. The molecule has 0 aliphatic heterocycles. The van der Waals surface area contributed by atoms with Crippen molar-refractivity contribution < 1.29 is 13.2 Å². The van der Waals surface area contributed by atoms with Gasteiger partial charge in [0.1, 0.15) is 12.4 Å². The molecular weight excluding hydrogens is 354 g/mol. The van der Waals surface area contributed by atoms with Gasteiger partial charge < -0.3 is 10.1 Å². The summed E-state index contributed by atoms with van der Waals surface area (Å²) in [6.45, 7) is 4.59. The molecule has 21 heavy (non-hydrogen) atoms. The Morgan fingerprint density at radius 1 is 1.38 bits per heavy atom. The zero-order valence-corrected chi connectivity index (χ0v) is 14.9. The number of ether oxygens (including phenoxy) is 1. The molecule has 0 saturated heterocycles. The molecule has 1 saturated carbocycles. The Bertz CT molecular complexity index is 597. The lowest BCUT2D eigenvalue weighted by molar-refractivity contribution is 0.333. The van der Waals surface area contributed by atoms with E-state index in [-0.39, 0.29) is 18.1 Å². The molecule has 0 atom stereocenters. The summed E-state index contributed by atoms with van der Waals surface area (Å²) in [5, 5.41) is 3.47. The molecule has 1 N–H and O–H groups in total. The summed E-state index contributed by atoms with van der Waals surface area (Å²) >= 11 is 3.50. The number of aryl methyl sites for hydroxylation is 1. The van der Waals surface area contributed by atoms with E-state index in [4.69, 9.17) is 4.74 Å². The third-order valence-electron chi connectivity index (χ3n) is 3.56. The van der Waals surface area contributed by atoms with Gasteiger partial charge in [0.2, 0.25) is 0 Å². The Balaban J connectivity index is 2.04. The van der Waals surface area contributed by atoms with Crippen LogP contribution >= 0.6 is 15.9 Å². The molecule has 1 aliphatic rings. The van der Waals surface area contributed by atoms with Crippen LogP contribution in [0, 0.1) is 6.92 Å². The summed E-state index contributed by atoms with van der Waals surface area (Å²) < 4.78 is 29.9. The fourth-order valence-electron chi connectivity index (χ4n) is 2.09. The largest absolute Gasteiger partial charge is 0.492 e. The van der Waals surface area contributed by atoms with E-state index in [1.165, 1.54) is 12.8 Å². The molecule has 4 nitrogen and oxygen atoms in total. The van der Waals surface area contributed by atoms with Crippen LogP contribution in [0.15, 0.2) is 16.6 Å². The average molecular weight is 376 g/mol. The van der Waals surface area contributed by atoms with Gasteiger partial charge in [0.05, 0.1) is 5.75 Å². The van der Waals surface area contributed by atoms with Crippen LogP contribution in [0.25, 0.3) is 0 Å². The topological polar surface area (TPSA) is 55.4 Å². The summed E-state index contributed by atoms with van der Waals surface area (Å²) in [7, 11) is -2.99. The fourth-order valence-corrected chi connectivity index (χ4v) is 3.34. The van der Waals surface area contributed by atoms with Crippen molar-refractivity contribution in [2.24, 2.45) is 0 Å². The van der Waals surface area contributed by atoms with Gasteiger partial charge in [0.25, 0.3) is 0 Å². The number of hydrogen-bond donors (Lipinski definition) is 1. The minimum Gasteiger partial charge on any atom is -0.492 e. The van der Waals surface area contributed by atoms with Crippen LogP contribution in [0.4, 0.5) is 0 Å². The SMILES string of the molecule is CCS(=O)(=O)CCOc1c(C)cc(Br)cc1CNC1CC1. The van der Waals surface area contributed by atoms with E-state index in [1.54, 1.807) is 6.92 Å². The summed E-state index contributed by atoms with van der Waals surface area (Å²) in [5.41, 5.74) is 2.09. The highest BCUT2D eigenvalue weighted by atomic mass is 79.9. The van der Waals surface area contributed by atoms with E-state index in [2.05, 4.69) is 21.2 Å². The maximum atomic E-state index is 11.5. The lowest BCUT2D eigenvalue weighted by atomic mass is 10.1. The van der Waals surface area contributed by atoms with Crippen LogP contribution in [-0.2, 0) is 16.4 Å². The Morgan fingerprint density at radius 3 is 2.71 bits per heavy atom. The Kier molecular flexibility index (Phi) is 5.68. The minimum atomic E-state index is -2.99. The maximum Gasteiger partial charge on any atom is 0.153 e. The van der Waals surface area contributed by atoms with Crippen LogP contribution < -0.4 is 10.1 Å². The van der Waals surface area contributed by atoms with Crippen molar-refractivity contribution in [2.75, 3.05) is 18.1 Å². The second-order valence-electron chi connectivity index (χ2n) is 5.45. The third kappa shape index (κ3) is 5.27. The van der Waals surface area contributed by atoms with E-state index in [0.717, 1.165) is 27.9 Å². The monoisotopic (exact) mass is 375 g/mol. The van der Waals surface area contributed by atoms with Gasteiger partial charge >= 0.3 is 0 Å². The first kappa shape index (κ1) is 16.8. The molecule has 1 aromatic rings. The number of sulfone groups is 1. The van der Waals surface area contributed by atoms with E-state index < -0.39 is 9.84 Å². The summed E-state index contributed by atoms with van der Waals surface area (Å²) in [6, 6.07) is 4.65. The quantitative estimate of drug-likeness (QED) is 0.758. The lowest BCUT2D eigenvalue weighted by Crippen LogP contribution is -2.19. The number of halogens is 1. The highest BCUT2D eigenvalue weighted by Crippen LogP contribution is 2.29. The normalized spacial score (nSPS) is 15.2. The molecule has 1 fully saturated rings. The van der Waals surface area contributed by atoms with Crippen molar-refractivity contribution in [2.45, 2.75) is 39.3 Å². The molecule has 118 valence electrons. The van der Waals surface area contributed by atoms with Crippen molar-refractivity contribution >= 4 is 25.8 Å². The number of hydrogen-bond acceptors (Lipinski definition) is 4. The van der Waals surface area contributed by atoms with Gasteiger partial charge in [-0.2, -0.15) is 0 Å². The maximum absolute atomic E-state index is 11.5. The van der Waals surface area contributed by atoms with Gasteiger partial charge in [0, 0.05) is 28.4 Å². The Labute approximate surface area is 135 Å². The average Bonchev–Trinajstić information content (AvgIpc) is 3.23. The zero-order valence-electron chi connectivity index (χ0n) is 12.5. The summed E-state index contributed by atoms with van der Waals surface area (Å²) in [5.74, 6) is 1.03. The molecule has 0 amide bonds. The summed E-state index contributed by atoms with van der Waals surface area (Å²) in [6.07, 6.45) is 2.47. The van der Waals surface area contributed by atoms with Crippen LogP contribution in [0.3, 0.4) is 0 Å². The van der Waals surface area contributed by atoms with Crippen molar-refractivity contribution in [3.63, 3.8) is 0 Å². The lowest BCUT2D eigenvalue weighted by Gasteiger charge is -2.15. The molecule has 0 aromatic heterocycles. The molecule has 0 unspecified atom stereocenters. The van der Waals surface area contributed by atoms with E-state index >= 15 is 0 Å². The van der Waals surface area contributed by atoms with Crippen molar-refractivity contribution in [1.29, 1.82) is 0 Å². The Hall–Kier alpha value is -0.590. The van der Waals surface area contributed by atoms with Crippen LogP contribution in [0.1, 0.15) is 30.9 Å². The van der Waals surface area contributed by atoms with Gasteiger partial charge in [-0.25, -0.2) is 8.42 Å². The van der Waals surface area contributed by atoms with Crippen molar-refractivity contribution in [1.82, 2.24) is 5.32 Å². The molecule has 1 aliphatic carbocycles. The second-order valence-corrected chi connectivity index (χ2v) is 8.84. The number of nitrogens with one attached hydrogen (secondary N) is 1. The van der Waals surface area contributed by atoms with Crippen molar-refractivity contribution in [3.8, 4) is 5.75 Å². The first-order valence-electron chi connectivity index (χ1n) is 7.27. The predicted molar refractivity (Wildman–Crippen MR) is 88.6 cm³/mol. The zero-order chi connectivity index (χ0) is 15.5. The van der Waals surface area contributed by atoms with Gasteiger partial charge in [-0.05, 0) is 37.5 Å². The van der Waals surface area contributed by atoms with Crippen LogP contribution in [0.2, 0.25) is 0 Å². The molecule has 1 aromatic carbocycles. The molecular formula is C15H22BrNO3S. The molecule has 0 spiro atoms. The van der Waals surface area contributed by atoms with Crippen LogP contribution in [-0.4, -0.2) is 32.6 Å². The molecule has 0 heterocycles. The summed E-state index contributed by atoms with van der Waals surface area (Å²) in [4.78, 5) is 0. The highest BCUT2D eigenvalue weighted by Gasteiger charge is 2.21. The van der Waals surface area contributed by atoms with Gasteiger partial charge in [-0.15, -0.1) is 0 Å². The van der Waals surface area contributed by atoms with Gasteiger partial charge in [-0.3, -0.25) is 0 Å². The van der Waals surface area contributed by atoms with Gasteiger partial charge in [0.15, 0.2) is 9.84 Å². The highest BCUT2D eigenvalue weighted by molar-refractivity contribution is 9.10.